The molecule has 1 aromatic heterocycles. The topological polar surface area (TPSA) is 25.8 Å². The first kappa shape index (κ1) is 10.0. The summed E-state index contributed by atoms with van der Waals surface area (Å²) < 4.78 is 11.2. The van der Waals surface area contributed by atoms with Crippen LogP contribution in [0.25, 0.3) is 11.0 Å². The average Bonchev–Trinajstić information content (AvgIpc) is 2.59. The normalized spacial score (nSPS) is 11.1. The summed E-state index contributed by atoms with van der Waals surface area (Å²) in [7, 11) is 0. The van der Waals surface area contributed by atoms with E-state index in [2.05, 4.69) is 67.8 Å². The van der Waals surface area contributed by atoms with E-state index in [1.165, 1.54) is 30.0 Å². The number of hydrogen-bond acceptors (Lipinski definition) is 3. The van der Waals surface area contributed by atoms with Crippen molar-refractivity contribution in [1.82, 2.24) is 8.75 Å². The quantitative estimate of drug-likeness (QED) is 0.615. The summed E-state index contributed by atoms with van der Waals surface area (Å²) >= 11 is 6.03. The van der Waals surface area contributed by atoms with Crippen LogP contribution in [0.3, 0.4) is 0 Å². The molecule has 2 aromatic rings. The number of aromatic nitrogens is 2. The van der Waals surface area contributed by atoms with Crippen LogP contribution < -0.4 is 0 Å². The fourth-order valence-corrected chi connectivity index (χ4v) is 3.19. The molecule has 0 unspecified atom stereocenters. The highest BCUT2D eigenvalue weighted by molar-refractivity contribution is 14.1. The van der Waals surface area contributed by atoms with Crippen molar-refractivity contribution < 1.29 is 0 Å². The molecule has 0 amide bonds. The van der Waals surface area contributed by atoms with Gasteiger partial charge in [0, 0.05) is 7.14 Å². The predicted octanol–water partition coefficient (Wildman–Crippen LogP) is 3.52. The number of benzene rings is 1. The Morgan fingerprint density at radius 3 is 1.69 bits per heavy atom. The van der Waals surface area contributed by atoms with E-state index in [0.717, 1.165) is 11.0 Å². The Labute approximate surface area is 108 Å². The van der Waals surface area contributed by atoms with Crippen LogP contribution in [0.5, 0.6) is 0 Å². The molecule has 0 radical (unpaired) electrons. The summed E-state index contributed by atoms with van der Waals surface area (Å²) in [5, 5.41) is 0. The van der Waals surface area contributed by atoms with Crippen molar-refractivity contribution in [2.45, 2.75) is 13.8 Å². The first-order valence-electron chi connectivity index (χ1n) is 3.69. The first-order valence-corrected chi connectivity index (χ1v) is 6.58. The SMILES string of the molecule is Cc1c(I)c(I)c(C)c2nsnc12. The van der Waals surface area contributed by atoms with Crippen molar-refractivity contribution in [3.8, 4) is 0 Å². The molecule has 0 atom stereocenters. The molecule has 0 aliphatic heterocycles. The lowest BCUT2D eigenvalue weighted by Gasteiger charge is -2.05. The number of aryl methyl sites for hydroxylation is 2. The van der Waals surface area contributed by atoms with Crippen LogP contribution in [0.1, 0.15) is 11.1 Å². The van der Waals surface area contributed by atoms with Gasteiger partial charge >= 0.3 is 0 Å². The average molecular weight is 416 g/mol. The van der Waals surface area contributed by atoms with Crippen LogP contribution >= 0.6 is 56.9 Å². The Morgan fingerprint density at radius 1 is 0.923 bits per heavy atom. The summed E-state index contributed by atoms with van der Waals surface area (Å²) in [5.74, 6) is 0. The van der Waals surface area contributed by atoms with Gasteiger partial charge in [0.1, 0.15) is 11.0 Å². The minimum Gasteiger partial charge on any atom is -0.173 e. The minimum atomic E-state index is 1.06. The van der Waals surface area contributed by atoms with Crippen molar-refractivity contribution >= 4 is 67.9 Å². The molecule has 0 fully saturated rings. The summed E-state index contributed by atoms with van der Waals surface area (Å²) in [4.78, 5) is 0. The highest BCUT2D eigenvalue weighted by atomic mass is 127. The lowest BCUT2D eigenvalue weighted by Crippen LogP contribution is -1.92. The summed E-state index contributed by atoms with van der Waals surface area (Å²) in [5.41, 5.74) is 4.62. The molecule has 5 heteroatoms. The second-order valence-corrected chi connectivity index (χ2v) is 5.53. The molecule has 0 bridgehead atoms. The van der Waals surface area contributed by atoms with Gasteiger partial charge in [0.25, 0.3) is 0 Å². The molecule has 2 rings (SSSR count). The lowest BCUT2D eigenvalue weighted by molar-refractivity contribution is 1.35. The Balaban J connectivity index is 3.02. The number of nitrogens with zero attached hydrogens (tertiary/aromatic N) is 2. The maximum atomic E-state index is 4.30. The Hall–Kier alpha value is 0.500. The predicted molar refractivity (Wildman–Crippen MR) is 72.3 cm³/mol. The maximum Gasteiger partial charge on any atom is 0.109 e. The summed E-state index contributed by atoms with van der Waals surface area (Å²) in [6.07, 6.45) is 0. The van der Waals surface area contributed by atoms with E-state index >= 15 is 0 Å². The molecule has 0 spiro atoms. The molecule has 0 aliphatic carbocycles. The standard InChI is InChI=1S/C8H6I2N2S/c1-3-5(9)6(10)4(2)8-7(3)11-13-12-8/h1-2H3. The van der Waals surface area contributed by atoms with Crippen molar-refractivity contribution in [1.29, 1.82) is 0 Å². The molecule has 0 aliphatic rings. The van der Waals surface area contributed by atoms with Gasteiger partial charge in [-0.05, 0) is 70.2 Å². The van der Waals surface area contributed by atoms with Gasteiger partial charge in [-0.1, -0.05) is 0 Å². The monoisotopic (exact) mass is 416 g/mol. The van der Waals surface area contributed by atoms with Gasteiger partial charge in [0.2, 0.25) is 0 Å². The van der Waals surface area contributed by atoms with E-state index in [1.807, 2.05) is 0 Å². The largest absolute Gasteiger partial charge is 0.173 e. The molecule has 1 aromatic carbocycles. The first-order chi connectivity index (χ1) is 6.13. The third-order valence-electron chi connectivity index (χ3n) is 2.05. The van der Waals surface area contributed by atoms with Gasteiger partial charge in [-0.3, -0.25) is 0 Å². The summed E-state index contributed by atoms with van der Waals surface area (Å²) in [6.45, 7) is 4.21. The van der Waals surface area contributed by atoms with E-state index in [4.69, 9.17) is 0 Å². The van der Waals surface area contributed by atoms with Crippen LogP contribution in [0.4, 0.5) is 0 Å². The molecule has 2 nitrogen and oxygen atoms in total. The molecule has 0 saturated heterocycles. The lowest BCUT2D eigenvalue weighted by atomic mass is 10.1. The molecule has 68 valence electrons. The van der Waals surface area contributed by atoms with Crippen LogP contribution in [0.15, 0.2) is 0 Å². The van der Waals surface area contributed by atoms with E-state index in [0.29, 0.717) is 0 Å². The number of fused-ring (bicyclic) bond motifs is 1. The third kappa shape index (κ3) is 1.48. The highest BCUT2D eigenvalue weighted by Crippen LogP contribution is 2.30. The molecular weight excluding hydrogens is 410 g/mol. The molecule has 0 N–H and O–H groups in total. The van der Waals surface area contributed by atoms with E-state index < -0.39 is 0 Å². The van der Waals surface area contributed by atoms with Gasteiger partial charge in [-0.25, -0.2) is 0 Å². The van der Waals surface area contributed by atoms with Gasteiger partial charge in [-0.15, -0.1) is 0 Å². The van der Waals surface area contributed by atoms with Gasteiger partial charge < -0.3 is 0 Å². The fourth-order valence-electron chi connectivity index (χ4n) is 1.22. The number of rotatable bonds is 0. The van der Waals surface area contributed by atoms with Crippen molar-refractivity contribution in [3.05, 3.63) is 18.3 Å². The zero-order valence-corrected chi connectivity index (χ0v) is 12.2. The van der Waals surface area contributed by atoms with Gasteiger partial charge in [0.15, 0.2) is 0 Å². The molecule has 0 saturated carbocycles. The smallest absolute Gasteiger partial charge is 0.109 e. The zero-order valence-electron chi connectivity index (χ0n) is 7.06. The zero-order chi connectivity index (χ0) is 9.59. The van der Waals surface area contributed by atoms with Crippen LogP contribution in [-0.2, 0) is 0 Å². The second-order valence-electron chi connectivity index (χ2n) is 2.84. The Kier molecular flexibility index (Phi) is 2.76. The van der Waals surface area contributed by atoms with Crippen molar-refractivity contribution in [3.63, 3.8) is 0 Å². The molecule has 13 heavy (non-hydrogen) atoms. The van der Waals surface area contributed by atoms with Crippen LogP contribution in [0, 0.1) is 21.0 Å². The summed E-state index contributed by atoms with van der Waals surface area (Å²) in [6, 6.07) is 0. The van der Waals surface area contributed by atoms with E-state index in [9.17, 15) is 0 Å². The fraction of sp³-hybridized carbons (Fsp3) is 0.250. The Morgan fingerprint density at radius 2 is 1.31 bits per heavy atom. The van der Waals surface area contributed by atoms with Gasteiger partial charge in [-0.2, -0.15) is 8.75 Å². The second kappa shape index (κ2) is 3.58. The van der Waals surface area contributed by atoms with E-state index in [1.54, 1.807) is 0 Å². The minimum absolute atomic E-state index is 1.06. The highest BCUT2D eigenvalue weighted by Gasteiger charge is 2.13. The number of halogens is 2. The Bertz CT molecular complexity index is 436. The van der Waals surface area contributed by atoms with Crippen molar-refractivity contribution in [2.75, 3.05) is 0 Å². The maximum absolute atomic E-state index is 4.30. The van der Waals surface area contributed by atoms with Crippen molar-refractivity contribution in [2.24, 2.45) is 0 Å². The molecular formula is C8H6I2N2S. The van der Waals surface area contributed by atoms with Crippen LogP contribution in [0.2, 0.25) is 0 Å². The number of hydrogen-bond donors (Lipinski definition) is 0. The van der Waals surface area contributed by atoms with Crippen LogP contribution in [-0.4, -0.2) is 8.75 Å². The molecule has 1 heterocycles. The van der Waals surface area contributed by atoms with Gasteiger partial charge in [0.05, 0.1) is 11.7 Å². The third-order valence-corrected chi connectivity index (χ3v) is 6.31. The van der Waals surface area contributed by atoms with E-state index in [-0.39, 0.29) is 0 Å².